The maximum absolute atomic E-state index is 5.27. The van der Waals surface area contributed by atoms with Crippen LogP contribution in [0.5, 0.6) is 0 Å². The van der Waals surface area contributed by atoms with Crippen molar-refractivity contribution in [2.75, 3.05) is 10.6 Å². The highest BCUT2D eigenvalue weighted by Crippen LogP contribution is 2.12. The number of aromatic nitrogens is 2. The molecule has 0 saturated heterocycles. The quantitative estimate of drug-likeness (QED) is 0.727. The smallest absolute Gasteiger partial charge is 0.224 e. The molecular formula is C17H18N4O. The summed E-state index contributed by atoms with van der Waals surface area (Å²) in [5, 5.41) is 6.46. The van der Waals surface area contributed by atoms with Gasteiger partial charge in [0.2, 0.25) is 5.95 Å². The molecule has 0 fully saturated rings. The normalized spacial score (nSPS) is 10.4. The Bertz CT molecular complexity index is 725. The van der Waals surface area contributed by atoms with Crippen LogP contribution in [0, 0.1) is 6.92 Å². The largest absolute Gasteiger partial charge is 0.467 e. The SMILES string of the molecule is Cc1ccccc1CNc1ccnc(NCc2ccco2)n1. The minimum absolute atomic E-state index is 0.564. The van der Waals surface area contributed by atoms with E-state index in [9.17, 15) is 0 Å². The highest BCUT2D eigenvalue weighted by molar-refractivity contribution is 5.41. The Hall–Kier alpha value is -2.82. The molecule has 0 radical (unpaired) electrons. The maximum Gasteiger partial charge on any atom is 0.224 e. The Kier molecular flexibility index (Phi) is 4.34. The standard InChI is InChI=1S/C17H18N4O/c1-13-5-2-3-6-14(13)11-19-16-8-9-18-17(21-16)20-12-15-7-4-10-22-15/h2-10H,11-12H2,1H3,(H2,18,19,20,21). The molecule has 22 heavy (non-hydrogen) atoms. The number of hydrogen-bond acceptors (Lipinski definition) is 5. The van der Waals surface area contributed by atoms with Crippen LogP contribution in [0.1, 0.15) is 16.9 Å². The first kappa shape index (κ1) is 14.1. The fourth-order valence-electron chi connectivity index (χ4n) is 2.12. The summed E-state index contributed by atoms with van der Waals surface area (Å²) in [6.45, 7) is 3.41. The van der Waals surface area contributed by atoms with E-state index < -0.39 is 0 Å². The molecule has 112 valence electrons. The summed E-state index contributed by atoms with van der Waals surface area (Å²) >= 11 is 0. The summed E-state index contributed by atoms with van der Waals surface area (Å²) in [5.74, 6) is 2.22. The molecular weight excluding hydrogens is 276 g/mol. The first-order chi connectivity index (χ1) is 10.8. The molecule has 3 rings (SSSR count). The maximum atomic E-state index is 5.27. The van der Waals surface area contributed by atoms with Gasteiger partial charge in [-0.05, 0) is 36.2 Å². The Morgan fingerprint density at radius 2 is 1.91 bits per heavy atom. The fraction of sp³-hybridized carbons (Fsp3) is 0.176. The van der Waals surface area contributed by atoms with Crippen LogP contribution in [0.15, 0.2) is 59.3 Å². The van der Waals surface area contributed by atoms with Crippen molar-refractivity contribution >= 4 is 11.8 Å². The van der Waals surface area contributed by atoms with Crippen molar-refractivity contribution < 1.29 is 4.42 Å². The van der Waals surface area contributed by atoms with Crippen LogP contribution in [0.2, 0.25) is 0 Å². The number of nitrogens with one attached hydrogen (secondary N) is 2. The van der Waals surface area contributed by atoms with Gasteiger partial charge in [0, 0.05) is 12.7 Å². The number of hydrogen-bond donors (Lipinski definition) is 2. The highest BCUT2D eigenvalue weighted by atomic mass is 16.3. The number of nitrogens with zero attached hydrogens (tertiary/aromatic N) is 2. The molecule has 2 heterocycles. The summed E-state index contributed by atoms with van der Waals surface area (Å²) < 4.78 is 5.27. The Morgan fingerprint density at radius 3 is 2.73 bits per heavy atom. The first-order valence-electron chi connectivity index (χ1n) is 7.19. The number of furan rings is 1. The van der Waals surface area contributed by atoms with Gasteiger partial charge in [-0.2, -0.15) is 4.98 Å². The lowest BCUT2D eigenvalue weighted by Crippen LogP contribution is -2.07. The highest BCUT2D eigenvalue weighted by Gasteiger charge is 2.02. The van der Waals surface area contributed by atoms with Crippen LogP contribution in [0.25, 0.3) is 0 Å². The second-order valence-corrected chi connectivity index (χ2v) is 4.98. The minimum atomic E-state index is 0.564. The molecule has 2 aromatic heterocycles. The molecule has 0 amide bonds. The minimum Gasteiger partial charge on any atom is -0.467 e. The summed E-state index contributed by atoms with van der Waals surface area (Å²) in [4.78, 5) is 8.65. The molecule has 3 aromatic rings. The van der Waals surface area contributed by atoms with E-state index in [2.05, 4.69) is 39.7 Å². The lowest BCUT2D eigenvalue weighted by molar-refractivity contribution is 0.517. The van der Waals surface area contributed by atoms with E-state index in [1.165, 1.54) is 11.1 Å². The average molecular weight is 294 g/mol. The molecule has 0 aliphatic carbocycles. The van der Waals surface area contributed by atoms with Gasteiger partial charge in [-0.1, -0.05) is 24.3 Å². The zero-order valence-electron chi connectivity index (χ0n) is 12.4. The summed E-state index contributed by atoms with van der Waals surface area (Å²) in [6, 6.07) is 13.9. The monoisotopic (exact) mass is 294 g/mol. The van der Waals surface area contributed by atoms with Crippen molar-refractivity contribution in [1.29, 1.82) is 0 Å². The van der Waals surface area contributed by atoms with Crippen LogP contribution in [-0.4, -0.2) is 9.97 Å². The van der Waals surface area contributed by atoms with Gasteiger partial charge in [-0.15, -0.1) is 0 Å². The van der Waals surface area contributed by atoms with Crippen molar-refractivity contribution in [2.24, 2.45) is 0 Å². The van der Waals surface area contributed by atoms with E-state index in [0.29, 0.717) is 12.5 Å². The second-order valence-electron chi connectivity index (χ2n) is 4.98. The molecule has 0 bridgehead atoms. The van der Waals surface area contributed by atoms with Gasteiger partial charge in [0.25, 0.3) is 0 Å². The third-order valence-corrected chi connectivity index (χ3v) is 3.38. The van der Waals surface area contributed by atoms with Crippen LogP contribution < -0.4 is 10.6 Å². The van der Waals surface area contributed by atoms with Gasteiger partial charge in [0.15, 0.2) is 0 Å². The van der Waals surface area contributed by atoms with Crippen molar-refractivity contribution in [1.82, 2.24) is 9.97 Å². The zero-order valence-corrected chi connectivity index (χ0v) is 12.4. The number of rotatable bonds is 6. The van der Waals surface area contributed by atoms with Crippen LogP contribution in [-0.2, 0) is 13.1 Å². The average Bonchev–Trinajstić information content (AvgIpc) is 3.06. The molecule has 0 aliphatic heterocycles. The Balaban J connectivity index is 1.60. The first-order valence-corrected chi connectivity index (χ1v) is 7.19. The van der Waals surface area contributed by atoms with E-state index in [1.807, 2.05) is 30.3 Å². The molecule has 0 atom stereocenters. The van der Waals surface area contributed by atoms with Crippen molar-refractivity contribution in [2.45, 2.75) is 20.0 Å². The van der Waals surface area contributed by atoms with Gasteiger partial charge in [0.05, 0.1) is 12.8 Å². The number of anilines is 2. The van der Waals surface area contributed by atoms with E-state index in [4.69, 9.17) is 4.42 Å². The molecule has 2 N–H and O–H groups in total. The van der Waals surface area contributed by atoms with Crippen LogP contribution >= 0.6 is 0 Å². The van der Waals surface area contributed by atoms with E-state index >= 15 is 0 Å². The van der Waals surface area contributed by atoms with Gasteiger partial charge < -0.3 is 15.1 Å². The summed E-state index contributed by atoms with van der Waals surface area (Å²) in [7, 11) is 0. The van der Waals surface area contributed by atoms with Crippen molar-refractivity contribution in [3.8, 4) is 0 Å². The lowest BCUT2D eigenvalue weighted by Gasteiger charge is -2.09. The molecule has 0 spiro atoms. The summed E-state index contributed by atoms with van der Waals surface area (Å²) in [6.07, 6.45) is 3.38. The topological polar surface area (TPSA) is 63.0 Å². The number of benzene rings is 1. The second kappa shape index (κ2) is 6.76. The van der Waals surface area contributed by atoms with Crippen LogP contribution in [0.4, 0.5) is 11.8 Å². The van der Waals surface area contributed by atoms with Crippen LogP contribution in [0.3, 0.4) is 0 Å². The van der Waals surface area contributed by atoms with Gasteiger partial charge in [-0.25, -0.2) is 4.98 Å². The summed E-state index contributed by atoms with van der Waals surface area (Å²) in [5.41, 5.74) is 2.52. The third-order valence-electron chi connectivity index (χ3n) is 3.38. The Labute approximate surface area is 129 Å². The third kappa shape index (κ3) is 3.63. The van der Waals surface area contributed by atoms with Gasteiger partial charge >= 0.3 is 0 Å². The van der Waals surface area contributed by atoms with Gasteiger partial charge in [0.1, 0.15) is 11.6 Å². The number of aryl methyl sites for hydroxylation is 1. The predicted octanol–water partition coefficient (Wildman–Crippen LogP) is 3.60. The lowest BCUT2D eigenvalue weighted by atomic mass is 10.1. The molecule has 0 aliphatic rings. The fourth-order valence-corrected chi connectivity index (χ4v) is 2.12. The molecule has 5 nitrogen and oxygen atoms in total. The van der Waals surface area contributed by atoms with Crippen molar-refractivity contribution in [3.05, 3.63) is 71.8 Å². The van der Waals surface area contributed by atoms with E-state index in [0.717, 1.165) is 18.1 Å². The zero-order chi connectivity index (χ0) is 15.2. The van der Waals surface area contributed by atoms with Gasteiger partial charge in [-0.3, -0.25) is 0 Å². The Morgan fingerprint density at radius 1 is 1.00 bits per heavy atom. The molecule has 1 aromatic carbocycles. The van der Waals surface area contributed by atoms with Crippen molar-refractivity contribution in [3.63, 3.8) is 0 Å². The predicted molar refractivity (Wildman–Crippen MR) is 86.6 cm³/mol. The molecule has 0 unspecified atom stereocenters. The molecule has 5 heteroatoms. The molecule has 0 saturated carbocycles. The van der Waals surface area contributed by atoms with E-state index in [-0.39, 0.29) is 0 Å². The van der Waals surface area contributed by atoms with E-state index in [1.54, 1.807) is 12.5 Å².